The van der Waals surface area contributed by atoms with Crippen LogP contribution in [0.2, 0.25) is 0 Å². The second-order valence-corrected chi connectivity index (χ2v) is 10.3. The summed E-state index contributed by atoms with van der Waals surface area (Å²) in [5.74, 6) is -1.34. The number of thioether (sulfide) groups is 1. The zero-order chi connectivity index (χ0) is 22.5. The number of amides is 1. The van der Waals surface area contributed by atoms with E-state index in [-0.39, 0.29) is 23.4 Å². The average molecular weight is 474 g/mol. The maximum atomic E-state index is 13.3. The molecule has 2 aliphatic rings. The van der Waals surface area contributed by atoms with Crippen LogP contribution in [-0.4, -0.2) is 42.3 Å². The molecule has 3 rings (SSSR count). The Morgan fingerprint density at radius 2 is 1.67 bits per heavy atom. The van der Waals surface area contributed by atoms with Gasteiger partial charge in [-0.15, -0.1) is 0 Å². The van der Waals surface area contributed by atoms with Crippen molar-refractivity contribution in [1.82, 2.24) is 0 Å². The summed E-state index contributed by atoms with van der Waals surface area (Å²) in [6, 6.07) is 0.110. The van der Waals surface area contributed by atoms with Gasteiger partial charge in [0.05, 0.1) is 28.7 Å². The Kier molecular flexibility index (Phi) is 5.91. The van der Waals surface area contributed by atoms with Gasteiger partial charge in [-0.25, -0.2) is 8.42 Å². The van der Waals surface area contributed by atoms with Crippen LogP contribution >= 0.6 is 11.8 Å². The molecule has 1 amide bonds. The lowest BCUT2D eigenvalue weighted by Crippen LogP contribution is -2.38. The molecule has 0 bridgehead atoms. The Hall–Kier alpha value is -1.76. The van der Waals surface area contributed by atoms with Gasteiger partial charge in [-0.2, -0.15) is 31.3 Å². The molecule has 13 heteroatoms. The first-order valence-corrected chi connectivity index (χ1v) is 11.5. The Balaban J connectivity index is 2.16. The van der Waals surface area contributed by atoms with Gasteiger partial charge in [-0.05, 0) is 24.6 Å². The molecule has 5 nitrogen and oxygen atoms in total. The van der Waals surface area contributed by atoms with Crippen molar-refractivity contribution < 1.29 is 39.6 Å². The standard InChI is InChI=1S/C17H16F6N2O3S2/c1-2-3-14(26)24-15-25(12-7-30(27,28)8-13(12)29-15)11-5-9(16(18,19)20)4-10(6-11)17(21,22)23/h4-6,12-13H,2-3,7-8H2,1H3/t12-,13-/m1/s1. The summed E-state index contributed by atoms with van der Waals surface area (Å²) >= 11 is 0.881. The molecular formula is C17H16F6N2O3S2. The smallest absolute Gasteiger partial charge is 0.316 e. The molecule has 2 fully saturated rings. The number of sulfone groups is 1. The van der Waals surface area contributed by atoms with Gasteiger partial charge >= 0.3 is 12.4 Å². The lowest BCUT2D eigenvalue weighted by atomic mass is 10.1. The Morgan fingerprint density at radius 1 is 1.10 bits per heavy atom. The van der Waals surface area contributed by atoms with Crippen molar-refractivity contribution in [3.63, 3.8) is 0 Å². The highest BCUT2D eigenvalue weighted by atomic mass is 32.2. The number of halogens is 6. The zero-order valence-electron chi connectivity index (χ0n) is 15.4. The summed E-state index contributed by atoms with van der Waals surface area (Å²) in [6.07, 6.45) is -9.62. The Bertz CT molecular complexity index is 956. The third-order valence-corrected chi connectivity index (χ3v) is 7.81. The van der Waals surface area contributed by atoms with E-state index in [9.17, 15) is 39.6 Å². The average Bonchev–Trinajstić information content (AvgIpc) is 3.03. The van der Waals surface area contributed by atoms with Crippen molar-refractivity contribution >= 4 is 38.4 Å². The van der Waals surface area contributed by atoms with Crippen molar-refractivity contribution in [3.8, 4) is 0 Å². The number of anilines is 1. The highest BCUT2D eigenvalue weighted by Crippen LogP contribution is 2.44. The van der Waals surface area contributed by atoms with Crippen LogP contribution < -0.4 is 4.90 Å². The molecule has 0 spiro atoms. The summed E-state index contributed by atoms with van der Waals surface area (Å²) in [5, 5.41) is -0.738. The van der Waals surface area contributed by atoms with Crippen LogP contribution in [0.25, 0.3) is 0 Å². The third-order valence-electron chi connectivity index (χ3n) is 4.60. The van der Waals surface area contributed by atoms with Gasteiger partial charge < -0.3 is 4.90 Å². The summed E-state index contributed by atoms with van der Waals surface area (Å²) < 4.78 is 103. The van der Waals surface area contributed by atoms with E-state index < -0.39 is 62.0 Å². The highest BCUT2D eigenvalue weighted by molar-refractivity contribution is 8.16. The number of carbonyl (C=O) groups excluding carboxylic acids is 1. The molecule has 0 saturated carbocycles. The first kappa shape index (κ1) is 22.9. The van der Waals surface area contributed by atoms with E-state index in [2.05, 4.69) is 4.99 Å². The minimum atomic E-state index is -5.06. The number of amidine groups is 1. The quantitative estimate of drug-likeness (QED) is 0.617. The van der Waals surface area contributed by atoms with Crippen molar-refractivity contribution in [1.29, 1.82) is 0 Å². The van der Waals surface area contributed by atoms with E-state index in [1.165, 1.54) is 0 Å². The SMILES string of the molecule is CCCC(=O)N=C1S[C@@H]2CS(=O)(=O)C[C@H]2N1c1cc(C(F)(F)F)cc(C(F)(F)F)c1. The van der Waals surface area contributed by atoms with E-state index in [1.807, 2.05) is 0 Å². The van der Waals surface area contributed by atoms with Crippen LogP contribution in [0, 0.1) is 0 Å². The fourth-order valence-electron chi connectivity index (χ4n) is 3.32. The molecule has 2 saturated heterocycles. The predicted molar refractivity (Wildman–Crippen MR) is 100 cm³/mol. The van der Waals surface area contributed by atoms with Gasteiger partial charge in [0.1, 0.15) is 0 Å². The fraction of sp³-hybridized carbons (Fsp3) is 0.529. The molecule has 1 aromatic carbocycles. The van der Waals surface area contributed by atoms with Gasteiger partial charge in [0.25, 0.3) is 0 Å². The van der Waals surface area contributed by atoms with Gasteiger partial charge in [0.15, 0.2) is 15.0 Å². The molecular weight excluding hydrogens is 458 g/mol. The number of rotatable bonds is 3. The van der Waals surface area contributed by atoms with E-state index in [0.717, 1.165) is 16.7 Å². The van der Waals surface area contributed by atoms with Crippen LogP contribution in [-0.2, 0) is 27.0 Å². The van der Waals surface area contributed by atoms with Crippen LogP contribution in [0.5, 0.6) is 0 Å². The second kappa shape index (κ2) is 7.74. The Morgan fingerprint density at radius 3 is 2.17 bits per heavy atom. The number of alkyl halides is 6. The summed E-state index contributed by atoms with van der Waals surface area (Å²) in [4.78, 5) is 16.8. The molecule has 2 heterocycles. The number of nitrogens with zero attached hydrogens (tertiary/aromatic N) is 2. The number of benzene rings is 1. The summed E-state index contributed by atoms with van der Waals surface area (Å²) in [7, 11) is -3.53. The van der Waals surface area contributed by atoms with Crippen molar-refractivity contribution in [2.45, 2.75) is 43.4 Å². The zero-order valence-corrected chi connectivity index (χ0v) is 17.1. The monoisotopic (exact) mass is 474 g/mol. The van der Waals surface area contributed by atoms with Gasteiger partial charge in [0, 0.05) is 17.4 Å². The van der Waals surface area contributed by atoms with Gasteiger partial charge in [-0.1, -0.05) is 18.7 Å². The molecule has 0 aromatic heterocycles. The molecule has 0 unspecified atom stereocenters. The molecule has 30 heavy (non-hydrogen) atoms. The molecule has 1 aromatic rings. The molecule has 2 atom stereocenters. The first-order valence-electron chi connectivity index (χ1n) is 8.78. The van der Waals surface area contributed by atoms with E-state index in [0.29, 0.717) is 18.6 Å². The molecule has 2 aliphatic heterocycles. The molecule has 0 aliphatic carbocycles. The topological polar surface area (TPSA) is 66.8 Å². The van der Waals surface area contributed by atoms with Crippen LogP contribution in [0.4, 0.5) is 32.0 Å². The minimum Gasteiger partial charge on any atom is -0.316 e. The van der Waals surface area contributed by atoms with Gasteiger partial charge in [-0.3, -0.25) is 4.79 Å². The third kappa shape index (κ3) is 4.76. The lowest BCUT2D eigenvalue weighted by Gasteiger charge is -2.26. The molecule has 0 N–H and O–H groups in total. The number of carbonyl (C=O) groups is 1. The van der Waals surface area contributed by atoms with Crippen LogP contribution in [0.1, 0.15) is 30.9 Å². The van der Waals surface area contributed by atoms with E-state index in [1.54, 1.807) is 6.92 Å². The molecule has 0 radical (unpaired) electrons. The van der Waals surface area contributed by atoms with E-state index in [4.69, 9.17) is 0 Å². The normalized spacial score (nSPS) is 25.0. The van der Waals surface area contributed by atoms with Crippen molar-refractivity contribution in [2.24, 2.45) is 4.99 Å². The van der Waals surface area contributed by atoms with Crippen molar-refractivity contribution in [3.05, 3.63) is 29.3 Å². The van der Waals surface area contributed by atoms with Crippen LogP contribution in [0.3, 0.4) is 0 Å². The Labute approximate surface area is 172 Å². The summed E-state index contributed by atoms with van der Waals surface area (Å²) in [6.45, 7) is 1.71. The molecule has 166 valence electrons. The van der Waals surface area contributed by atoms with Crippen molar-refractivity contribution in [2.75, 3.05) is 16.4 Å². The number of hydrogen-bond acceptors (Lipinski definition) is 4. The summed E-state index contributed by atoms with van der Waals surface area (Å²) in [5.41, 5.74) is -3.56. The highest BCUT2D eigenvalue weighted by Gasteiger charge is 2.50. The van der Waals surface area contributed by atoms with Crippen LogP contribution in [0.15, 0.2) is 23.2 Å². The lowest BCUT2D eigenvalue weighted by molar-refractivity contribution is -0.143. The van der Waals surface area contributed by atoms with Gasteiger partial charge in [0.2, 0.25) is 5.91 Å². The minimum absolute atomic E-state index is 0.00532. The number of hydrogen-bond donors (Lipinski definition) is 0. The number of aliphatic imine (C=N–C) groups is 1. The second-order valence-electron chi connectivity index (χ2n) is 6.97. The number of fused-ring (bicyclic) bond motifs is 1. The van der Waals surface area contributed by atoms with E-state index >= 15 is 0 Å². The maximum Gasteiger partial charge on any atom is 0.416 e. The maximum absolute atomic E-state index is 13.3. The first-order chi connectivity index (χ1) is 13.7. The predicted octanol–water partition coefficient (Wildman–Crippen LogP) is 4.13. The fourth-order valence-corrected chi connectivity index (χ4v) is 7.25. The largest absolute Gasteiger partial charge is 0.416 e.